The standard InChI is InChI=1S/C16H18FNO2S/c1-12(11-13-5-4-10-21-13)18-16(19)8-9-20-15-7-3-2-6-14(15)17/h2-7,10,12H,8-9,11H2,1H3,(H,18,19). The molecule has 3 nitrogen and oxygen atoms in total. The second-order valence-corrected chi connectivity index (χ2v) is 5.81. The molecular formula is C16H18FNO2S. The van der Waals surface area contributed by atoms with E-state index in [0.717, 1.165) is 6.42 Å². The summed E-state index contributed by atoms with van der Waals surface area (Å²) in [6.07, 6.45) is 1.03. The Labute approximate surface area is 127 Å². The van der Waals surface area contributed by atoms with Crippen LogP contribution in [0, 0.1) is 5.82 Å². The number of hydrogen-bond acceptors (Lipinski definition) is 3. The molecule has 0 radical (unpaired) electrons. The zero-order valence-corrected chi connectivity index (χ0v) is 12.7. The van der Waals surface area contributed by atoms with E-state index in [-0.39, 0.29) is 30.7 Å². The van der Waals surface area contributed by atoms with E-state index in [1.807, 2.05) is 18.4 Å². The van der Waals surface area contributed by atoms with Crippen molar-refractivity contribution in [3.63, 3.8) is 0 Å². The van der Waals surface area contributed by atoms with Crippen LogP contribution >= 0.6 is 11.3 Å². The minimum atomic E-state index is -0.413. The van der Waals surface area contributed by atoms with Gasteiger partial charge in [0.2, 0.25) is 5.91 Å². The van der Waals surface area contributed by atoms with Gasteiger partial charge in [-0.2, -0.15) is 0 Å². The van der Waals surface area contributed by atoms with E-state index < -0.39 is 5.82 Å². The van der Waals surface area contributed by atoms with E-state index in [2.05, 4.69) is 11.4 Å². The highest BCUT2D eigenvalue weighted by Crippen LogP contribution is 2.15. The van der Waals surface area contributed by atoms with Crippen LogP contribution < -0.4 is 10.1 Å². The zero-order chi connectivity index (χ0) is 15.1. The van der Waals surface area contributed by atoms with Crippen molar-refractivity contribution in [2.45, 2.75) is 25.8 Å². The molecule has 0 saturated carbocycles. The van der Waals surface area contributed by atoms with Crippen LogP contribution in [-0.4, -0.2) is 18.6 Å². The monoisotopic (exact) mass is 307 g/mol. The third-order valence-corrected chi connectivity index (χ3v) is 3.82. The lowest BCUT2D eigenvalue weighted by Crippen LogP contribution is -2.34. The number of halogens is 1. The van der Waals surface area contributed by atoms with Gasteiger partial charge in [0.05, 0.1) is 13.0 Å². The van der Waals surface area contributed by atoms with Crippen LogP contribution in [0.2, 0.25) is 0 Å². The fraction of sp³-hybridized carbons (Fsp3) is 0.312. The number of hydrogen-bond donors (Lipinski definition) is 1. The number of carbonyl (C=O) groups is 1. The molecular weight excluding hydrogens is 289 g/mol. The highest BCUT2D eigenvalue weighted by atomic mass is 32.1. The van der Waals surface area contributed by atoms with E-state index in [4.69, 9.17) is 4.74 Å². The van der Waals surface area contributed by atoms with Gasteiger partial charge in [-0.25, -0.2) is 4.39 Å². The number of carbonyl (C=O) groups excluding carboxylic acids is 1. The van der Waals surface area contributed by atoms with Crippen molar-refractivity contribution in [2.24, 2.45) is 0 Å². The number of amides is 1. The fourth-order valence-corrected chi connectivity index (χ4v) is 2.78. The maximum Gasteiger partial charge on any atom is 0.223 e. The molecule has 1 unspecified atom stereocenters. The highest BCUT2D eigenvalue weighted by molar-refractivity contribution is 7.09. The minimum absolute atomic E-state index is 0.0737. The molecule has 0 fully saturated rings. The molecule has 0 aliphatic carbocycles. The number of rotatable bonds is 7. The van der Waals surface area contributed by atoms with Gasteiger partial charge < -0.3 is 10.1 Å². The molecule has 1 heterocycles. The Kier molecular flexibility index (Phi) is 5.75. The number of ether oxygens (including phenoxy) is 1. The predicted octanol–water partition coefficient (Wildman–Crippen LogP) is 3.40. The third kappa shape index (κ3) is 5.19. The first-order valence-electron chi connectivity index (χ1n) is 6.84. The van der Waals surface area contributed by atoms with Gasteiger partial charge in [0.1, 0.15) is 0 Å². The fourth-order valence-electron chi connectivity index (χ4n) is 1.94. The van der Waals surface area contributed by atoms with E-state index >= 15 is 0 Å². The van der Waals surface area contributed by atoms with Crippen LogP contribution in [0.25, 0.3) is 0 Å². The summed E-state index contributed by atoms with van der Waals surface area (Å²) in [4.78, 5) is 13.0. The average Bonchev–Trinajstić information content (AvgIpc) is 2.93. The van der Waals surface area contributed by atoms with Crippen LogP contribution in [0.5, 0.6) is 5.75 Å². The highest BCUT2D eigenvalue weighted by Gasteiger charge is 2.09. The Hall–Kier alpha value is -1.88. The van der Waals surface area contributed by atoms with Crippen LogP contribution in [0.1, 0.15) is 18.2 Å². The number of thiophene rings is 1. The Morgan fingerprint density at radius 1 is 1.33 bits per heavy atom. The van der Waals surface area contributed by atoms with E-state index in [1.165, 1.54) is 10.9 Å². The molecule has 1 atom stereocenters. The Balaban J connectivity index is 1.69. The van der Waals surface area contributed by atoms with Crippen molar-refractivity contribution in [3.05, 3.63) is 52.5 Å². The number of para-hydroxylation sites is 1. The van der Waals surface area contributed by atoms with Gasteiger partial charge in [-0.05, 0) is 30.5 Å². The summed E-state index contributed by atoms with van der Waals surface area (Å²) in [6.45, 7) is 2.13. The molecule has 0 spiro atoms. The Bertz CT molecular complexity index is 571. The molecule has 1 amide bonds. The normalized spacial score (nSPS) is 11.9. The van der Waals surface area contributed by atoms with Gasteiger partial charge in [-0.3, -0.25) is 4.79 Å². The summed E-state index contributed by atoms with van der Waals surface area (Å²) >= 11 is 1.68. The first kappa shape index (κ1) is 15.5. The van der Waals surface area contributed by atoms with Crippen molar-refractivity contribution >= 4 is 17.2 Å². The molecule has 0 aliphatic heterocycles. The lowest BCUT2D eigenvalue weighted by Gasteiger charge is -2.13. The summed E-state index contributed by atoms with van der Waals surface area (Å²) in [7, 11) is 0. The molecule has 5 heteroatoms. The predicted molar refractivity (Wildman–Crippen MR) is 82.1 cm³/mol. The summed E-state index contributed by atoms with van der Waals surface area (Å²) in [5, 5.41) is 4.93. The Morgan fingerprint density at radius 2 is 2.14 bits per heavy atom. The van der Waals surface area contributed by atoms with E-state index in [0.29, 0.717) is 0 Å². The van der Waals surface area contributed by atoms with Gasteiger partial charge in [-0.1, -0.05) is 18.2 Å². The largest absolute Gasteiger partial charge is 0.490 e. The van der Waals surface area contributed by atoms with Crippen molar-refractivity contribution in [1.29, 1.82) is 0 Å². The summed E-state index contributed by atoms with van der Waals surface area (Å²) in [6, 6.07) is 10.3. The summed E-state index contributed by atoms with van der Waals surface area (Å²) in [5.74, 6) is -0.323. The first-order valence-corrected chi connectivity index (χ1v) is 7.72. The lowest BCUT2D eigenvalue weighted by atomic mass is 10.2. The third-order valence-electron chi connectivity index (χ3n) is 2.92. The average molecular weight is 307 g/mol. The number of nitrogens with one attached hydrogen (secondary N) is 1. The smallest absolute Gasteiger partial charge is 0.223 e. The van der Waals surface area contributed by atoms with Crippen LogP contribution in [0.15, 0.2) is 41.8 Å². The van der Waals surface area contributed by atoms with Gasteiger partial charge in [-0.15, -0.1) is 11.3 Å². The summed E-state index contributed by atoms with van der Waals surface area (Å²) < 4.78 is 18.6. The van der Waals surface area contributed by atoms with Crippen molar-refractivity contribution in [3.8, 4) is 5.75 Å². The lowest BCUT2D eigenvalue weighted by molar-refractivity contribution is -0.122. The molecule has 1 aromatic carbocycles. The van der Waals surface area contributed by atoms with Crippen LogP contribution in [0.4, 0.5) is 4.39 Å². The second kappa shape index (κ2) is 7.78. The van der Waals surface area contributed by atoms with Gasteiger partial charge in [0.25, 0.3) is 0 Å². The minimum Gasteiger partial charge on any atom is -0.490 e. The molecule has 112 valence electrons. The maximum absolute atomic E-state index is 13.3. The molecule has 0 saturated heterocycles. The molecule has 0 bridgehead atoms. The van der Waals surface area contributed by atoms with Gasteiger partial charge in [0, 0.05) is 17.3 Å². The van der Waals surface area contributed by atoms with Crippen molar-refractivity contribution in [2.75, 3.05) is 6.61 Å². The van der Waals surface area contributed by atoms with Crippen molar-refractivity contribution < 1.29 is 13.9 Å². The van der Waals surface area contributed by atoms with Gasteiger partial charge >= 0.3 is 0 Å². The van der Waals surface area contributed by atoms with Crippen LogP contribution in [-0.2, 0) is 11.2 Å². The first-order chi connectivity index (χ1) is 10.1. The second-order valence-electron chi connectivity index (χ2n) is 4.78. The van der Waals surface area contributed by atoms with Crippen LogP contribution in [0.3, 0.4) is 0 Å². The molecule has 1 aromatic heterocycles. The Morgan fingerprint density at radius 3 is 2.86 bits per heavy atom. The van der Waals surface area contributed by atoms with E-state index in [9.17, 15) is 9.18 Å². The summed E-state index contributed by atoms with van der Waals surface area (Å²) in [5.41, 5.74) is 0. The number of benzene rings is 1. The quantitative estimate of drug-likeness (QED) is 0.851. The molecule has 0 aliphatic rings. The zero-order valence-electron chi connectivity index (χ0n) is 11.8. The maximum atomic E-state index is 13.3. The molecule has 1 N–H and O–H groups in total. The molecule has 2 aromatic rings. The molecule has 2 rings (SSSR count). The van der Waals surface area contributed by atoms with Crippen molar-refractivity contribution in [1.82, 2.24) is 5.32 Å². The topological polar surface area (TPSA) is 38.3 Å². The van der Waals surface area contributed by atoms with Gasteiger partial charge in [0.15, 0.2) is 11.6 Å². The molecule has 21 heavy (non-hydrogen) atoms. The van der Waals surface area contributed by atoms with E-state index in [1.54, 1.807) is 29.5 Å². The SMILES string of the molecule is CC(Cc1cccs1)NC(=O)CCOc1ccccc1F.